The highest BCUT2D eigenvalue weighted by molar-refractivity contribution is 7.89. The molecule has 0 bridgehead atoms. The van der Waals surface area contributed by atoms with Crippen molar-refractivity contribution in [2.24, 2.45) is 11.8 Å². The van der Waals surface area contributed by atoms with Gasteiger partial charge >= 0.3 is 0 Å². The summed E-state index contributed by atoms with van der Waals surface area (Å²) in [6.45, 7) is 6.21. The largest absolute Gasteiger partial charge is 0.399 e. The van der Waals surface area contributed by atoms with E-state index in [0.717, 1.165) is 12.1 Å². The second-order valence-corrected chi connectivity index (χ2v) is 6.50. The second-order valence-electron chi connectivity index (χ2n) is 4.76. The van der Waals surface area contributed by atoms with E-state index in [0.29, 0.717) is 5.92 Å². The number of hydrogen-bond donors (Lipinski definition) is 2. The van der Waals surface area contributed by atoms with Crippen LogP contribution in [0.4, 0.5) is 10.1 Å². The molecule has 0 amide bonds. The van der Waals surface area contributed by atoms with Gasteiger partial charge in [0.15, 0.2) is 0 Å². The van der Waals surface area contributed by atoms with Crippen LogP contribution in [0.5, 0.6) is 0 Å². The molecule has 0 spiro atoms. The number of halogens is 1. The van der Waals surface area contributed by atoms with Crippen molar-refractivity contribution in [2.45, 2.75) is 25.7 Å². The van der Waals surface area contributed by atoms with Gasteiger partial charge in [0, 0.05) is 12.2 Å². The van der Waals surface area contributed by atoms with Crippen LogP contribution in [0.3, 0.4) is 0 Å². The number of sulfonamides is 1. The predicted molar refractivity (Wildman–Crippen MR) is 70.0 cm³/mol. The first-order chi connectivity index (χ1) is 8.24. The van der Waals surface area contributed by atoms with Crippen LogP contribution >= 0.6 is 0 Å². The highest BCUT2D eigenvalue weighted by Crippen LogP contribution is 2.18. The van der Waals surface area contributed by atoms with Crippen LogP contribution in [0.15, 0.2) is 23.1 Å². The van der Waals surface area contributed by atoms with Gasteiger partial charge in [-0.3, -0.25) is 0 Å². The van der Waals surface area contributed by atoms with Gasteiger partial charge in [0.25, 0.3) is 0 Å². The first-order valence-corrected chi connectivity index (χ1v) is 7.27. The summed E-state index contributed by atoms with van der Waals surface area (Å²) in [5.41, 5.74) is 5.69. The van der Waals surface area contributed by atoms with Gasteiger partial charge in [-0.1, -0.05) is 20.8 Å². The molecule has 1 atom stereocenters. The average Bonchev–Trinajstić information content (AvgIpc) is 2.29. The summed E-state index contributed by atoms with van der Waals surface area (Å²) in [5.74, 6) is -0.281. The molecule has 1 aromatic rings. The number of anilines is 1. The van der Waals surface area contributed by atoms with Crippen molar-refractivity contribution >= 4 is 15.7 Å². The van der Waals surface area contributed by atoms with Crippen LogP contribution in [-0.4, -0.2) is 15.0 Å². The van der Waals surface area contributed by atoms with Crippen LogP contribution in [0, 0.1) is 17.7 Å². The SMILES string of the molecule is CC(C)C(C)CNS(=O)(=O)c1cc(N)ccc1F. The summed E-state index contributed by atoms with van der Waals surface area (Å²) in [5, 5.41) is 0. The topological polar surface area (TPSA) is 72.2 Å². The fraction of sp³-hybridized carbons (Fsp3) is 0.500. The van der Waals surface area contributed by atoms with Crippen LogP contribution in [-0.2, 0) is 10.0 Å². The lowest BCUT2D eigenvalue weighted by molar-refractivity contribution is 0.414. The van der Waals surface area contributed by atoms with E-state index >= 15 is 0 Å². The van der Waals surface area contributed by atoms with Crippen molar-refractivity contribution in [1.82, 2.24) is 4.72 Å². The molecule has 18 heavy (non-hydrogen) atoms. The van der Waals surface area contributed by atoms with Gasteiger partial charge < -0.3 is 5.73 Å². The first kappa shape index (κ1) is 14.9. The maximum Gasteiger partial charge on any atom is 0.243 e. The molecule has 0 aliphatic heterocycles. The van der Waals surface area contributed by atoms with Gasteiger partial charge in [-0.25, -0.2) is 17.5 Å². The lowest BCUT2D eigenvalue weighted by Gasteiger charge is -2.16. The van der Waals surface area contributed by atoms with Crippen molar-refractivity contribution < 1.29 is 12.8 Å². The molecule has 1 unspecified atom stereocenters. The van der Waals surface area contributed by atoms with E-state index in [4.69, 9.17) is 5.73 Å². The maximum absolute atomic E-state index is 13.5. The van der Waals surface area contributed by atoms with Gasteiger partial charge in [0.1, 0.15) is 10.7 Å². The highest BCUT2D eigenvalue weighted by atomic mass is 32.2. The Morgan fingerprint density at radius 1 is 1.33 bits per heavy atom. The Bertz CT molecular complexity index is 515. The number of benzene rings is 1. The quantitative estimate of drug-likeness (QED) is 0.806. The van der Waals surface area contributed by atoms with Crippen molar-refractivity contribution in [3.05, 3.63) is 24.0 Å². The maximum atomic E-state index is 13.5. The van der Waals surface area contributed by atoms with Gasteiger partial charge in [-0.15, -0.1) is 0 Å². The van der Waals surface area contributed by atoms with E-state index < -0.39 is 20.7 Å². The zero-order chi connectivity index (χ0) is 13.9. The molecular formula is C12H19FN2O2S. The third-order valence-corrected chi connectivity index (χ3v) is 4.42. The number of nitrogen functional groups attached to an aromatic ring is 1. The molecule has 0 fully saturated rings. The Hall–Kier alpha value is -1.14. The molecule has 0 aliphatic rings. The van der Waals surface area contributed by atoms with Crippen LogP contribution in [0.1, 0.15) is 20.8 Å². The monoisotopic (exact) mass is 274 g/mol. The Morgan fingerprint density at radius 3 is 2.50 bits per heavy atom. The molecule has 102 valence electrons. The average molecular weight is 274 g/mol. The summed E-state index contributed by atoms with van der Waals surface area (Å²) in [6.07, 6.45) is 0. The minimum atomic E-state index is -3.85. The molecule has 0 heterocycles. The van der Waals surface area contributed by atoms with Crippen molar-refractivity contribution in [2.75, 3.05) is 12.3 Å². The molecule has 0 radical (unpaired) electrons. The lowest BCUT2D eigenvalue weighted by Crippen LogP contribution is -2.30. The standard InChI is InChI=1S/C12H19FN2O2S/c1-8(2)9(3)7-15-18(16,17)12-6-10(14)4-5-11(12)13/h4-6,8-9,15H,7,14H2,1-3H3. The molecule has 1 rings (SSSR count). The van der Waals surface area contributed by atoms with Crippen molar-refractivity contribution in [3.63, 3.8) is 0 Å². The number of nitrogens with two attached hydrogens (primary N) is 1. The van der Waals surface area contributed by atoms with E-state index in [2.05, 4.69) is 4.72 Å². The summed E-state index contributed by atoms with van der Waals surface area (Å²) < 4.78 is 39.7. The van der Waals surface area contributed by atoms with Crippen LogP contribution < -0.4 is 10.5 Å². The summed E-state index contributed by atoms with van der Waals surface area (Å²) in [7, 11) is -3.85. The van der Waals surface area contributed by atoms with E-state index in [1.54, 1.807) is 0 Å². The smallest absolute Gasteiger partial charge is 0.243 e. The Balaban J connectivity index is 2.90. The van der Waals surface area contributed by atoms with E-state index in [1.165, 1.54) is 6.07 Å². The predicted octanol–water partition coefficient (Wildman–Crippen LogP) is 1.98. The molecule has 0 aromatic heterocycles. The molecule has 6 heteroatoms. The third-order valence-electron chi connectivity index (χ3n) is 2.98. The lowest BCUT2D eigenvalue weighted by atomic mass is 9.99. The highest BCUT2D eigenvalue weighted by Gasteiger charge is 2.20. The summed E-state index contributed by atoms with van der Waals surface area (Å²) in [6, 6.07) is 3.50. The van der Waals surface area contributed by atoms with Crippen molar-refractivity contribution in [1.29, 1.82) is 0 Å². The Morgan fingerprint density at radius 2 is 1.94 bits per heavy atom. The van der Waals surface area contributed by atoms with E-state index in [9.17, 15) is 12.8 Å². The fourth-order valence-corrected chi connectivity index (χ4v) is 2.53. The molecule has 0 saturated carbocycles. The molecule has 4 nitrogen and oxygen atoms in total. The minimum Gasteiger partial charge on any atom is -0.399 e. The number of nitrogens with one attached hydrogen (secondary N) is 1. The summed E-state index contributed by atoms with van der Waals surface area (Å²) >= 11 is 0. The number of hydrogen-bond acceptors (Lipinski definition) is 3. The normalized spacial score (nSPS) is 13.8. The van der Waals surface area contributed by atoms with Gasteiger partial charge in [-0.05, 0) is 30.0 Å². The molecule has 0 saturated heterocycles. The zero-order valence-electron chi connectivity index (χ0n) is 10.8. The van der Waals surface area contributed by atoms with Crippen LogP contribution in [0.2, 0.25) is 0 Å². The fourth-order valence-electron chi connectivity index (χ4n) is 1.28. The summed E-state index contributed by atoms with van der Waals surface area (Å²) in [4.78, 5) is -0.404. The second kappa shape index (κ2) is 5.67. The van der Waals surface area contributed by atoms with E-state index in [-0.39, 0.29) is 18.2 Å². The Labute approximate surface area is 107 Å². The molecular weight excluding hydrogens is 255 g/mol. The zero-order valence-corrected chi connectivity index (χ0v) is 11.6. The van der Waals surface area contributed by atoms with Gasteiger partial charge in [0.05, 0.1) is 0 Å². The van der Waals surface area contributed by atoms with Gasteiger partial charge in [0.2, 0.25) is 10.0 Å². The minimum absolute atomic E-state index is 0.170. The number of rotatable bonds is 5. The van der Waals surface area contributed by atoms with Gasteiger partial charge in [-0.2, -0.15) is 0 Å². The molecule has 0 aliphatic carbocycles. The van der Waals surface area contributed by atoms with E-state index in [1.807, 2.05) is 20.8 Å². The first-order valence-electron chi connectivity index (χ1n) is 5.78. The third kappa shape index (κ3) is 3.68. The Kier molecular flexibility index (Phi) is 4.70. The molecule has 1 aromatic carbocycles. The van der Waals surface area contributed by atoms with Crippen LogP contribution in [0.25, 0.3) is 0 Å². The molecule has 3 N–H and O–H groups in total. The van der Waals surface area contributed by atoms with Crippen molar-refractivity contribution in [3.8, 4) is 0 Å².